The third-order valence-corrected chi connectivity index (χ3v) is 3.49. The minimum atomic E-state index is -0.361. The molecule has 5 nitrogen and oxygen atoms in total. The van der Waals surface area contributed by atoms with Crippen LogP contribution in [0, 0.1) is 10.1 Å². The largest absolute Gasteiger partial charge is 0.368 e. The monoisotopic (exact) mass is 261 g/mol. The van der Waals surface area contributed by atoms with Crippen LogP contribution in [-0.4, -0.2) is 43.0 Å². The quantitative estimate of drug-likeness (QED) is 0.619. The summed E-state index contributed by atoms with van der Waals surface area (Å²) in [6, 6.07) is 5.03. The van der Waals surface area contributed by atoms with E-state index in [4.69, 9.17) is 0 Å². The van der Waals surface area contributed by atoms with Gasteiger partial charge in [0.2, 0.25) is 0 Å². The SMILES string of the molecule is C=C(C)c1cc([N+](=O)[O-])ccc1N1CCN(C)CC1. The second-order valence-electron chi connectivity index (χ2n) is 5.03. The molecule has 1 aromatic carbocycles. The average molecular weight is 261 g/mol. The number of likely N-dealkylation sites (N-methyl/N-ethyl adjacent to an activating group) is 1. The predicted octanol–water partition coefficient (Wildman–Crippen LogP) is 2.38. The maximum Gasteiger partial charge on any atom is 0.270 e. The molecule has 102 valence electrons. The zero-order chi connectivity index (χ0) is 14.0. The summed E-state index contributed by atoms with van der Waals surface area (Å²) < 4.78 is 0. The van der Waals surface area contributed by atoms with Crippen molar-refractivity contribution in [2.75, 3.05) is 38.1 Å². The first-order chi connectivity index (χ1) is 8.99. The molecule has 19 heavy (non-hydrogen) atoms. The molecule has 1 aliphatic rings. The Kier molecular flexibility index (Phi) is 3.85. The molecule has 0 spiro atoms. The normalized spacial score (nSPS) is 16.4. The van der Waals surface area contributed by atoms with Gasteiger partial charge in [-0.15, -0.1) is 0 Å². The van der Waals surface area contributed by atoms with Crippen molar-refractivity contribution >= 4 is 16.9 Å². The molecule has 1 aromatic rings. The highest BCUT2D eigenvalue weighted by Gasteiger charge is 2.19. The fourth-order valence-corrected chi connectivity index (χ4v) is 2.30. The van der Waals surface area contributed by atoms with E-state index >= 15 is 0 Å². The van der Waals surface area contributed by atoms with Crippen LogP contribution < -0.4 is 4.90 Å². The molecule has 5 heteroatoms. The van der Waals surface area contributed by atoms with Gasteiger partial charge in [0.15, 0.2) is 0 Å². The molecule has 0 N–H and O–H groups in total. The molecule has 2 rings (SSSR count). The Labute approximate surface area is 113 Å². The molecule has 1 aliphatic heterocycles. The standard InChI is InChI=1S/C14H19N3O2/c1-11(2)13-10-12(17(18)19)4-5-14(13)16-8-6-15(3)7-9-16/h4-5,10H,1,6-9H2,2-3H3. The summed E-state index contributed by atoms with van der Waals surface area (Å²) in [5.74, 6) is 0. The van der Waals surface area contributed by atoms with Gasteiger partial charge in [-0.1, -0.05) is 6.58 Å². The molecule has 1 saturated heterocycles. The minimum absolute atomic E-state index is 0.121. The van der Waals surface area contributed by atoms with Crippen LogP contribution in [-0.2, 0) is 0 Å². The Balaban J connectivity index is 2.34. The van der Waals surface area contributed by atoms with Gasteiger partial charge in [-0.2, -0.15) is 0 Å². The Morgan fingerprint density at radius 3 is 2.47 bits per heavy atom. The molecular formula is C14H19N3O2. The first-order valence-corrected chi connectivity index (χ1v) is 6.37. The lowest BCUT2D eigenvalue weighted by molar-refractivity contribution is -0.384. The van der Waals surface area contributed by atoms with Crippen LogP contribution >= 0.6 is 0 Å². The Hall–Kier alpha value is -1.88. The number of nitrogens with zero attached hydrogens (tertiary/aromatic N) is 3. The Morgan fingerprint density at radius 1 is 1.32 bits per heavy atom. The lowest BCUT2D eigenvalue weighted by Gasteiger charge is -2.35. The summed E-state index contributed by atoms with van der Waals surface area (Å²) in [4.78, 5) is 15.1. The summed E-state index contributed by atoms with van der Waals surface area (Å²) in [5.41, 5.74) is 2.90. The van der Waals surface area contributed by atoms with E-state index in [1.165, 1.54) is 0 Å². The number of hydrogen-bond donors (Lipinski definition) is 0. The number of benzene rings is 1. The number of nitro benzene ring substituents is 1. The molecule has 0 aromatic heterocycles. The van der Waals surface area contributed by atoms with Gasteiger partial charge in [0.25, 0.3) is 5.69 Å². The first-order valence-electron chi connectivity index (χ1n) is 6.37. The third kappa shape index (κ3) is 2.93. The van der Waals surface area contributed by atoms with Gasteiger partial charge in [-0.05, 0) is 25.6 Å². The highest BCUT2D eigenvalue weighted by atomic mass is 16.6. The number of hydrogen-bond acceptors (Lipinski definition) is 4. The van der Waals surface area contributed by atoms with Crippen molar-refractivity contribution in [3.63, 3.8) is 0 Å². The van der Waals surface area contributed by atoms with Crippen molar-refractivity contribution < 1.29 is 4.92 Å². The second-order valence-corrected chi connectivity index (χ2v) is 5.03. The van der Waals surface area contributed by atoms with Crippen molar-refractivity contribution in [3.05, 3.63) is 40.5 Å². The van der Waals surface area contributed by atoms with E-state index in [-0.39, 0.29) is 10.6 Å². The van der Waals surface area contributed by atoms with E-state index in [1.807, 2.05) is 13.0 Å². The number of nitro groups is 1. The Morgan fingerprint density at radius 2 is 1.95 bits per heavy atom. The minimum Gasteiger partial charge on any atom is -0.368 e. The first kappa shape index (κ1) is 13.5. The molecule has 0 bridgehead atoms. The van der Waals surface area contributed by atoms with Crippen molar-refractivity contribution in [1.29, 1.82) is 0 Å². The fraction of sp³-hybridized carbons (Fsp3) is 0.429. The van der Waals surface area contributed by atoms with Crippen LogP contribution in [0.2, 0.25) is 0 Å². The Bertz CT molecular complexity index is 505. The van der Waals surface area contributed by atoms with Crippen LogP contribution in [0.15, 0.2) is 24.8 Å². The van der Waals surface area contributed by atoms with Crippen molar-refractivity contribution in [2.24, 2.45) is 0 Å². The number of piperazine rings is 1. The molecule has 1 heterocycles. The van der Waals surface area contributed by atoms with Gasteiger partial charge < -0.3 is 9.80 Å². The van der Waals surface area contributed by atoms with Crippen LogP contribution in [0.25, 0.3) is 5.57 Å². The van der Waals surface area contributed by atoms with E-state index in [9.17, 15) is 10.1 Å². The smallest absolute Gasteiger partial charge is 0.270 e. The van der Waals surface area contributed by atoms with Gasteiger partial charge >= 0.3 is 0 Å². The topological polar surface area (TPSA) is 49.6 Å². The number of allylic oxidation sites excluding steroid dienone is 1. The number of non-ortho nitro benzene ring substituents is 1. The summed E-state index contributed by atoms with van der Waals surface area (Å²) in [6.07, 6.45) is 0. The predicted molar refractivity (Wildman–Crippen MR) is 77.5 cm³/mol. The maximum absolute atomic E-state index is 10.9. The van der Waals surface area contributed by atoms with Crippen molar-refractivity contribution in [1.82, 2.24) is 4.90 Å². The van der Waals surface area contributed by atoms with E-state index in [2.05, 4.69) is 23.4 Å². The van der Waals surface area contributed by atoms with Gasteiger partial charge in [0.1, 0.15) is 0 Å². The summed E-state index contributed by atoms with van der Waals surface area (Å²) >= 11 is 0. The highest BCUT2D eigenvalue weighted by molar-refractivity contribution is 5.76. The maximum atomic E-state index is 10.9. The van der Waals surface area contributed by atoms with E-state index in [0.717, 1.165) is 43.0 Å². The summed E-state index contributed by atoms with van der Waals surface area (Å²) in [5, 5.41) is 10.9. The summed E-state index contributed by atoms with van der Waals surface area (Å²) in [6.45, 7) is 9.72. The molecule has 0 radical (unpaired) electrons. The van der Waals surface area contributed by atoms with Crippen LogP contribution in [0.1, 0.15) is 12.5 Å². The molecule has 0 unspecified atom stereocenters. The van der Waals surface area contributed by atoms with Crippen molar-refractivity contribution in [3.8, 4) is 0 Å². The van der Waals surface area contributed by atoms with Crippen LogP contribution in [0.3, 0.4) is 0 Å². The third-order valence-electron chi connectivity index (χ3n) is 3.49. The molecular weight excluding hydrogens is 242 g/mol. The number of rotatable bonds is 3. The zero-order valence-electron chi connectivity index (χ0n) is 11.4. The van der Waals surface area contributed by atoms with Gasteiger partial charge in [-0.3, -0.25) is 10.1 Å². The van der Waals surface area contributed by atoms with Gasteiger partial charge in [-0.25, -0.2) is 0 Å². The average Bonchev–Trinajstić information content (AvgIpc) is 2.38. The molecule has 0 atom stereocenters. The second kappa shape index (κ2) is 5.40. The van der Waals surface area contributed by atoms with E-state index in [0.29, 0.717) is 0 Å². The van der Waals surface area contributed by atoms with Crippen LogP contribution in [0.4, 0.5) is 11.4 Å². The van der Waals surface area contributed by atoms with Crippen LogP contribution in [0.5, 0.6) is 0 Å². The van der Waals surface area contributed by atoms with E-state index < -0.39 is 0 Å². The lowest BCUT2D eigenvalue weighted by atomic mass is 10.0. The number of anilines is 1. The lowest BCUT2D eigenvalue weighted by Crippen LogP contribution is -2.44. The molecule has 0 amide bonds. The highest BCUT2D eigenvalue weighted by Crippen LogP contribution is 2.30. The molecule has 0 aliphatic carbocycles. The van der Waals surface area contributed by atoms with Gasteiger partial charge in [0, 0.05) is 49.6 Å². The summed E-state index contributed by atoms with van der Waals surface area (Å²) in [7, 11) is 2.10. The van der Waals surface area contributed by atoms with Gasteiger partial charge in [0.05, 0.1) is 4.92 Å². The zero-order valence-corrected chi connectivity index (χ0v) is 11.4. The van der Waals surface area contributed by atoms with E-state index in [1.54, 1.807) is 12.1 Å². The van der Waals surface area contributed by atoms with Crippen molar-refractivity contribution in [2.45, 2.75) is 6.92 Å². The molecule has 1 fully saturated rings. The molecule has 0 saturated carbocycles. The fourth-order valence-electron chi connectivity index (χ4n) is 2.30.